The van der Waals surface area contributed by atoms with E-state index >= 15 is 0 Å². The summed E-state index contributed by atoms with van der Waals surface area (Å²) >= 11 is 1.34. The van der Waals surface area contributed by atoms with E-state index in [1.807, 2.05) is 0 Å². The normalized spacial score (nSPS) is 11.6. The average molecular weight is 298 g/mol. The Bertz CT molecular complexity index is 547. The molecule has 7 nitrogen and oxygen atoms in total. The second-order valence-electron chi connectivity index (χ2n) is 3.80. The van der Waals surface area contributed by atoms with Gasteiger partial charge in [0.25, 0.3) is 11.6 Å². The molecule has 0 unspecified atom stereocenters. The highest BCUT2D eigenvalue weighted by Gasteiger charge is 2.25. The van der Waals surface area contributed by atoms with E-state index in [9.17, 15) is 19.7 Å². The van der Waals surface area contributed by atoms with E-state index in [1.165, 1.54) is 37.9 Å². The van der Waals surface area contributed by atoms with Crippen molar-refractivity contribution in [3.8, 4) is 0 Å². The number of nitro benzene ring substituents is 1. The number of hydrogen-bond donors (Lipinski definition) is 1. The maximum atomic E-state index is 12.0. The molecule has 0 radical (unpaired) electrons. The Morgan fingerprint density at radius 1 is 1.45 bits per heavy atom. The zero-order valence-corrected chi connectivity index (χ0v) is 12.0. The summed E-state index contributed by atoms with van der Waals surface area (Å²) in [5, 5.41) is 13.2. The van der Waals surface area contributed by atoms with E-state index in [0.717, 1.165) is 0 Å². The Morgan fingerprint density at radius 2 is 2.10 bits per heavy atom. The summed E-state index contributed by atoms with van der Waals surface area (Å²) in [7, 11) is 1.41. The number of nitrogens with zero attached hydrogens (tertiary/aromatic N) is 1. The number of rotatable bonds is 5. The third-order valence-corrected chi connectivity index (χ3v) is 3.25. The lowest BCUT2D eigenvalue weighted by molar-refractivity contribution is -0.385. The summed E-state index contributed by atoms with van der Waals surface area (Å²) in [6, 6.07) is 4.16. The van der Waals surface area contributed by atoms with Crippen LogP contribution in [0.2, 0.25) is 0 Å². The third-order valence-electron chi connectivity index (χ3n) is 2.52. The van der Waals surface area contributed by atoms with Crippen molar-refractivity contribution >= 4 is 29.3 Å². The molecule has 20 heavy (non-hydrogen) atoms. The molecule has 0 aliphatic rings. The Kier molecular flexibility index (Phi) is 5.51. The first kappa shape index (κ1) is 16.0. The van der Waals surface area contributed by atoms with Crippen molar-refractivity contribution in [2.24, 2.45) is 0 Å². The van der Waals surface area contributed by atoms with Crippen LogP contribution in [0.5, 0.6) is 0 Å². The zero-order chi connectivity index (χ0) is 15.3. The van der Waals surface area contributed by atoms with Gasteiger partial charge in [0.2, 0.25) is 0 Å². The van der Waals surface area contributed by atoms with Gasteiger partial charge in [-0.05, 0) is 25.3 Å². The van der Waals surface area contributed by atoms with Crippen LogP contribution in [0.15, 0.2) is 23.1 Å². The van der Waals surface area contributed by atoms with Gasteiger partial charge in [-0.2, -0.15) is 0 Å². The predicted octanol–water partition coefficient (Wildman–Crippen LogP) is 1.61. The van der Waals surface area contributed by atoms with Gasteiger partial charge in [0, 0.05) is 18.0 Å². The SMILES string of the molecule is CNC(=O)[C@H](C)OC(=O)c1cc(SC)ccc1[N+](=O)[O-]. The van der Waals surface area contributed by atoms with E-state index in [4.69, 9.17) is 4.74 Å². The summed E-state index contributed by atoms with van der Waals surface area (Å²) in [5.41, 5.74) is -0.519. The number of thioether (sulfide) groups is 1. The molecule has 0 aliphatic carbocycles. The van der Waals surface area contributed by atoms with E-state index in [1.54, 1.807) is 12.3 Å². The van der Waals surface area contributed by atoms with Crippen molar-refractivity contribution in [1.82, 2.24) is 5.32 Å². The molecule has 0 heterocycles. The fourth-order valence-electron chi connectivity index (χ4n) is 1.45. The summed E-state index contributed by atoms with van der Waals surface area (Å²) in [4.78, 5) is 34.2. The molecule has 0 saturated carbocycles. The quantitative estimate of drug-likeness (QED) is 0.384. The molecule has 1 N–H and O–H groups in total. The zero-order valence-electron chi connectivity index (χ0n) is 11.2. The Balaban J connectivity index is 3.07. The minimum Gasteiger partial charge on any atom is -0.449 e. The predicted molar refractivity (Wildman–Crippen MR) is 73.8 cm³/mol. The van der Waals surface area contributed by atoms with Crippen LogP contribution in [-0.2, 0) is 9.53 Å². The van der Waals surface area contributed by atoms with Crippen LogP contribution in [0.25, 0.3) is 0 Å². The molecule has 0 aromatic heterocycles. The van der Waals surface area contributed by atoms with Crippen molar-refractivity contribution in [1.29, 1.82) is 0 Å². The summed E-state index contributed by atoms with van der Waals surface area (Å²) in [5.74, 6) is -1.38. The molecule has 108 valence electrons. The molecule has 1 rings (SSSR count). The van der Waals surface area contributed by atoms with Crippen LogP contribution >= 0.6 is 11.8 Å². The number of benzene rings is 1. The van der Waals surface area contributed by atoms with E-state index in [-0.39, 0.29) is 11.3 Å². The topological polar surface area (TPSA) is 98.5 Å². The first-order valence-corrected chi connectivity index (χ1v) is 6.88. The van der Waals surface area contributed by atoms with Crippen LogP contribution in [-0.4, -0.2) is 36.2 Å². The molecule has 0 saturated heterocycles. The molecular formula is C12H14N2O5S. The highest BCUT2D eigenvalue weighted by molar-refractivity contribution is 7.98. The number of likely N-dealkylation sites (N-methyl/N-ethyl adjacent to an activating group) is 1. The molecule has 1 aromatic rings. The monoisotopic (exact) mass is 298 g/mol. The highest BCUT2D eigenvalue weighted by atomic mass is 32.2. The second kappa shape index (κ2) is 6.90. The number of ether oxygens (including phenoxy) is 1. The number of nitro groups is 1. The van der Waals surface area contributed by atoms with Gasteiger partial charge in [-0.25, -0.2) is 4.79 Å². The molecule has 0 aliphatic heterocycles. The smallest absolute Gasteiger partial charge is 0.345 e. The van der Waals surface area contributed by atoms with Crippen LogP contribution in [0.4, 0.5) is 5.69 Å². The van der Waals surface area contributed by atoms with Crippen molar-refractivity contribution in [3.05, 3.63) is 33.9 Å². The summed E-state index contributed by atoms with van der Waals surface area (Å²) < 4.78 is 4.91. The van der Waals surface area contributed by atoms with Crippen molar-refractivity contribution in [2.75, 3.05) is 13.3 Å². The molecule has 8 heteroatoms. The van der Waals surface area contributed by atoms with Gasteiger partial charge in [0.05, 0.1) is 4.92 Å². The molecule has 1 atom stereocenters. The lowest BCUT2D eigenvalue weighted by Gasteiger charge is -2.12. The van der Waals surface area contributed by atoms with Gasteiger partial charge in [-0.3, -0.25) is 14.9 Å². The number of hydrogen-bond acceptors (Lipinski definition) is 6. The van der Waals surface area contributed by atoms with Crippen LogP contribution in [0, 0.1) is 10.1 Å². The fourth-order valence-corrected chi connectivity index (χ4v) is 1.89. The van der Waals surface area contributed by atoms with Gasteiger partial charge in [-0.1, -0.05) is 0 Å². The Morgan fingerprint density at radius 3 is 2.60 bits per heavy atom. The third kappa shape index (κ3) is 3.70. The Hall–Kier alpha value is -2.09. The Labute approximate surface area is 119 Å². The molecule has 0 spiro atoms. The fraction of sp³-hybridized carbons (Fsp3) is 0.333. The molecule has 0 fully saturated rings. The van der Waals surface area contributed by atoms with Crippen LogP contribution in [0.1, 0.15) is 17.3 Å². The van der Waals surface area contributed by atoms with Gasteiger partial charge in [0.15, 0.2) is 6.10 Å². The lowest BCUT2D eigenvalue weighted by Crippen LogP contribution is -2.33. The number of esters is 1. The first-order valence-electron chi connectivity index (χ1n) is 5.65. The number of carbonyl (C=O) groups is 2. The van der Waals surface area contributed by atoms with Gasteiger partial charge >= 0.3 is 5.97 Å². The van der Waals surface area contributed by atoms with Crippen molar-refractivity contribution in [3.63, 3.8) is 0 Å². The lowest BCUT2D eigenvalue weighted by atomic mass is 10.2. The number of nitrogens with one attached hydrogen (secondary N) is 1. The summed E-state index contributed by atoms with van der Waals surface area (Å²) in [6.07, 6.45) is 0.758. The number of amides is 1. The van der Waals surface area contributed by atoms with Crippen molar-refractivity contribution in [2.45, 2.75) is 17.9 Å². The molecule has 1 aromatic carbocycles. The summed E-state index contributed by atoms with van der Waals surface area (Å²) in [6.45, 7) is 1.39. The molecule has 0 bridgehead atoms. The van der Waals surface area contributed by atoms with Gasteiger partial charge in [-0.15, -0.1) is 11.8 Å². The minimum atomic E-state index is -1.02. The van der Waals surface area contributed by atoms with Gasteiger partial charge in [0.1, 0.15) is 5.56 Å². The maximum absolute atomic E-state index is 12.0. The van der Waals surface area contributed by atoms with Crippen LogP contribution < -0.4 is 5.32 Å². The highest BCUT2D eigenvalue weighted by Crippen LogP contribution is 2.25. The largest absolute Gasteiger partial charge is 0.449 e. The standard InChI is InChI=1S/C12H14N2O5S/c1-7(11(15)13-2)19-12(16)9-6-8(20-3)4-5-10(9)14(17)18/h4-7H,1-3H3,(H,13,15)/t7-/m0/s1. The van der Waals surface area contributed by atoms with Crippen LogP contribution in [0.3, 0.4) is 0 Å². The van der Waals surface area contributed by atoms with E-state index in [0.29, 0.717) is 4.90 Å². The van der Waals surface area contributed by atoms with E-state index < -0.39 is 22.9 Å². The molecular weight excluding hydrogens is 284 g/mol. The average Bonchev–Trinajstić information content (AvgIpc) is 2.45. The maximum Gasteiger partial charge on any atom is 0.345 e. The minimum absolute atomic E-state index is 0.169. The van der Waals surface area contributed by atoms with Crippen molar-refractivity contribution < 1.29 is 19.2 Å². The number of carbonyl (C=O) groups excluding carboxylic acids is 2. The first-order chi connectivity index (χ1) is 9.40. The molecule has 1 amide bonds. The second-order valence-corrected chi connectivity index (χ2v) is 4.68. The van der Waals surface area contributed by atoms with E-state index in [2.05, 4.69) is 5.32 Å². The van der Waals surface area contributed by atoms with Gasteiger partial charge < -0.3 is 10.1 Å².